The Balaban J connectivity index is 3.90. The third-order valence-electron chi connectivity index (χ3n) is 11.5. The fourth-order valence-electron chi connectivity index (χ4n) is 7.49. The highest BCUT2D eigenvalue weighted by Crippen LogP contribution is 2.42. The number of phosphoric acid groups is 1. The van der Waals surface area contributed by atoms with E-state index in [0.29, 0.717) is 6.42 Å². The topological polar surface area (TPSA) is 108 Å². The van der Waals surface area contributed by atoms with Crippen LogP contribution in [0.25, 0.3) is 0 Å². The van der Waals surface area contributed by atoms with Gasteiger partial charge in [-0.2, -0.15) is 0 Å². The second-order valence-electron chi connectivity index (χ2n) is 17.7. The molecule has 9 heteroatoms. The number of phosphoric ester groups is 1. The summed E-state index contributed by atoms with van der Waals surface area (Å²) in [5.74, 6) is -0.803. The van der Waals surface area contributed by atoms with Gasteiger partial charge in [-0.3, -0.25) is 18.6 Å². The van der Waals surface area contributed by atoms with Gasteiger partial charge in [-0.1, -0.05) is 217 Å². The summed E-state index contributed by atoms with van der Waals surface area (Å²) in [5.41, 5.74) is 0. The summed E-state index contributed by atoms with van der Waals surface area (Å²) in [6.45, 7) is 3.90. The maximum atomic E-state index is 12.6. The van der Waals surface area contributed by atoms with Crippen LogP contribution < -0.4 is 0 Å². The van der Waals surface area contributed by atoms with E-state index in [9.17, 15) is 19.0 Å². The van der Waals surface area contributed by atoms with E-state index >= 15 is 0 Å². The van der Waals surface area contributed by atoms with Crippen LogP contribution in [0.5, 0.6) is 0 Å². The molecule has 8 nitrogen and oxygen atoms in total. The Hall–Kier alpha value is -1.99. The summed E-state index contributed by atoms with van der Waals surface area (Å²) in [6, 6.07) is 0. The predicted octanol–water partition coefficient (Wildman–Crippen LogP) is 17.3. The molecule has 0 heterocycles. The van der Waals surface area contributed by atoms with Gasteiger partial charge >= 0.3 is 19.8 Å². The molecule has 2 atom stereocenters. The van der Waals surface area contributed by atoms with Gasteiger partial charge in [0.2, 0.25) is 0 Å². The van der Waals surface area contributed by atoms with E-state index in [2.05, 4.69) is 67.0 Å². The Labute approximate surface area is 388 Å². The maximum absolute atomic E-state index is 12.6. The molecule has 1 N–H and O–H groups in total. The molecule has 0 rings (SSSR count). The zero-order chi connectivity index (χ0) is 46.0. The zero-order valence-electron chi connectivity index (χ0n) is 41.2. The first-order valence-electron chi connectivity index (χ1n) is 26.3. The lowest BCUT2D eigenvalue weighted by Gasteiger charge is -2.19. The van der Waals surface area contributed by atoms with Crippen LogP contribution in [0.1, 0.15) is 258 Å². The van der Waals surface area contributed by atoms with E-state index in [1.807, 2.05) is 0 Å². The molecule has 368 valence electrons. The van der Waals surface area contributed by atoms with E-state index in [1.54, 1.807) is 0 Å². The number of carbonyl (C=O) groups excluding carboxylic acids is 2. The van der Waals surface area contributed by atoms with Crippen molar-refractivity contribution >= 4 is 19.8 Å². The summed E-state index contributed by atoms with van der Waals surface area (Å²) < 4.78 is 32.2. The molecule has 0 aromatic heterocycles. The van der Waals surface area contributed by atoms with Crippen LogP contribution in [0.15, 0.2) is 48.6 Å². The van der Waals surface area contributed by atoms with Crippen molar-refractivity contribution in [1.82, 2.24) is 0 Å². The number of rotatable bonds is 49. The van der Waals surface area contributed by atoms with Crippen molar-refractivity contribution in [1.29, 1.82) is 0 Å². The molecular formula is C54H99O8P. The van der Waals surface area contributed by atoms with Gasteiger partial charge in [-0.05, 0) is 77.0 Å². The largest absolute Gasteiger partial charge is 0.472 e. The highest BCUT2D eigenvalue weighted by atomic mass is 31.2. The van der Waals surface area contributed by atoms with E-state index in [1.165, 1.54) is 180 Å². The lowest BCUT2D eigenvalue weighted by molar-refractivity contribution is -0.161. The molecule has 0 aromatic carbocycles. The highest BCUT2D eigenvalue weighted by Gasteiger charge is 2.24. The molecule has 0 aromatic rings. The van der Waals surface area contributed by atoms with Crippen LogP contribution in [0, 0.1) is 0 Å². The van der Waals surface area contributed by atoms with Crippen molar-refractivity contribution in [3.8, 4) is 0 Å². The first-order valence-corrected chi connectivity index (χ1v) is 27.8. The number of esters is 2. The molecule has 0 radical (unpaired) electrons. The Kier molecular flexibility index (Phi) is 47.9. The Morgan fingerprint density at radius 3 is 1.11 bits per heavy atom. The molecule has 0 spiro atoms. The minimum atomic E-state index is -4.27. The molecule has 0 amide bonds. The van der Waals surface area contributed by atoms with Crippen molar-refractivity contribution in [2.75, 3.05) is 20.3 Å². The summed E-state index contributed by atoms with van der Waals surface area (Å²) in [5, 5.41) is 0. The predicted molar refractivity (Wildman–Crippen MR) is 267 cm³/mol. The lowest BCUT2D eigenvalue weighted by atomic mass is 10.0. The van der Waals surface area contributed by atoms with Crippen molar-refractivity contribution in [2.45, 2.75) is 264 Å². The van der Waals surface area contributed by atoms with Crippen LogP contribution in [0.2, 0.25) is 0 Å². The summed E-state index contributed by atoms with van der Waals surface area (Å²) >= 11 is 0. The van der Waals surface area contributed by atoms with Gasteiger partial charge in [0.15, 0.2) is 6.10 Å². The van der Waals surface area contributed by atoms with Crippen molar-refractivity contribution in [3.05, 3.63) is 48.6 Å². The van der Waals surface area contributed by atoms with Gasteiger partial charge in [-0.15, -0.1) is 0 Å². The van der Waals surface area contributed by atoms with Gasteiger partial charge in [0.25, 0.3) is 0 Å². The van der Waals surface area contributed by atoms with E-state index in [4.69, 9.17) is 14.0 Å². The number of unbranched alkanes of at least 4 members (excludes halogenated alkanes) is 30. The van der Waals surface area contributed by atoms with Crippen LogP contribution in [0.4, 0.5) is 0 Å². The molecule has 0 aliphatic heterocycles. The molecule has 0 aliphatic carbocycles. The SMILES string of the molecule is CCCCCCC/C=C\C/C=C\CCCCCCCCCCCCCC(=O)OC(COC(=O)CCCCCCCCCCC/C=C\C/C=C\CCCCCCC)COP(=O)(O)OC. The molecule has 63 heavy (non-hydrogen) atoms. The van der Waals surface area contributed by atoms with Crippen molar-refractivity contribution < 1.29 is 37.6 Å². The highest BCUT2D eigenvalue weighted by molar-refractivity contribution is 7.47. The third kappa shape index (κ3) is 49.3. The van der Waals surface area contributed by atoms with Crippen LogP contribution in [-0.4, -0.2) is 43.3 Å². The number of allylic oxidation sites excluding steroid dienone is 8. The van der Waals surface area contributed by atoms with E-state index in [-0.39, 0.29) is 25.4 Å². The molecule has 0 saturated heterocycles. The second-order valence-corrected chi connectivity index (χ2v) is 19.2. The van der Waals surface area contributed by atoms with E-state index in [0.717, 1.165) is 52.1 Å². The third-order valence-corrected chi connectivity index (χ3v) is 12.5. The van der Waals surface area contributed by atoms with Gasteiger partial charge in [0.05, 0.1) is 6.61 Å². The van der Waals surface area contributed by atoms with Crippen LogP contribution in [0.3, 0.4) is 0 Å². The maximum Gasteiger partial charge on any atom is 0.472 e. The average molecular weight is 907 g/mol. The number of hydrogen-bond donors (Lipinski definition) is 1. The lowest BCUT2D eigenvalue weighted by Crippen LogP contribution is -2.29. The van der Waals surface area contributed by atoms with Gasteiger partial charge in [-0.25, -0.2) is 4.57 Å². The summed E-state index contributed by atoms with van der Waals surface area (Å²) in [4.78, 5) is 34.7. The number of hydrogen-bond acceptors (Lipinski definition) is 7. The monoisotopic (exact) mass is 907 g/mol. The average Bonchev–Trinajstić information content (AvgIpc) is 3.28. The molecule has 0 saturated carbocycles. The molecule has 0 bridgehead atoms. The fraction of sp³-hybridized carbons (Fsp3) is 0.815. The number of ether oxygens (including phenoxy) is 2. The molecule has 2 unspecified atom stereocenters. The quantitative estimate of drug-likeness (QED) is 0.0278. The number of carbonyl (C=O) groups is 2. The summed E-state index contributed by atoms with van der Waals surface area (Å²) in [7, 11) is -3.20. The first-order chi connectivity index (χ1) is 30.8. The summed E-state index contributed by atoms with van der Waals surface area (Å²) in [6.07, 6.45) is 61.7. The first kappa shape index (κ1) is 61.0. The van der Waals surface area contributed by atoms with Gasteiger partial charge in [0.1, 0.15) is 6.61 Å². The van der Waals surface area contributed by atoms with Crippen LogP contribution in [-0.2, 0) is 32.7 Å². The normalized spacial score (nSPS) is 13.5. The molecule has 0 fully saturated rings. The standard InChI is InChI=1S/C54H99O8P/c1-4-6-8-10-12-14-16-18-20-22-24-26-27-29-31-33-35-37-39-41-43-45-47-49-54(56)62-52(51-61-63(57,58)59-3)50-60-53(55)48-46-44-42-40-38-36-34-32-30-28-25-23-21-19-17-15-13-11-9-7-5-2/h16-19,22-25,52H,4-15,20-21,26-51H2,1-3H3,(H,57,58)/b18-16-,19-17-,24-22-,25-23-. The smallest absolute Gasteiger partial charge is 0.462 e. The molecule has 0 aliphatic rings. The molecular weight excluding hydrogens is 808 g/mol. The minimum Gasteiger partial charge on any atom is -0.462 e. The Morgan fingerprint density at radius 1 is 0.444 bits per heavy atom. The zero-order valence-corrected chi connectivity index (χ0v) is 42.1. The second kappa shape index (κ2) is 49.4. The Morgan fingerprint density at radius 2 is 0.762 bits per heavy atom. The Bertz CT molecular complexity index is 1160. The van der Waals surface area contributed by atoms with Crippen LogP contribution >= 0.6 is 7.82 Å². The van der Waals surface area contributed by atoms with Crippen molar-refractivity contribution in [3.63, 3.8) is 0 Å². The van der Waals surface area contributed by atoms with Gasteiger partial charge < -0.3 is 14.4 Å². The van der Waals surface area contributed by atoms with Gasteiger partial charge in [0, 0.05) is 20.0 Å². The van der Waals surface area contributed by atoms with E-state index < -0.39 is 26.5 Å². The minimum absolute atomic E-state index is 0.228. The fourth-order valence-corrected chi connectivity index (χ4v) is 7.95. The van der Waals surface area contributed by atoms with Crippen molar-refractivity contribution in [2.24, 2.45) is 0 Å².